The number of ether oxygens (including phenoxy) is 6. The van der Waals surface area contributed by atoms with Crippen molar-refractivity contribution in [1.82, 2.24) is 5.32 Å². The highest BCUT2D eigenvalue weighted by Crippen LogP contribution is 2.33. The molecule has 17 unspecified atom stereocenters. The van der Waals surface area contributed by atoms with Gasteiger partial charge >= 0.3 is 0 Å². The number of hydrogen-bond donors (Lipinski definition) is 12. The second-order valence-electron chi connectivity index (χ2n) is 26.4. The number of unbranched alkanes of at least 4 members (excludes halogenated alkanes) is 41. The zero-order valence-electron chi connectivity index (χ0n) is 55.7. The van der Waals surface area contributed by atoms with Gasteiger partial charge in [0.15, 0.2) is 18.9 Å². The van der Waals surface area contributed by atoms with Gasteiger partial charge in [-0.1, -0.05) is 283 Å². The van der Waals surface area contributed by atoms with Gasteiger partial charge < -0.3 is 89.9 Å². The third-order valence-electron chi connectivity index (χ3n) is 18.6. The molecule has 3 fully saturated rings. The Morgan fingerprint density at radius 3 is 1.06 bits per heavy atom. The number of nitrogens with one attached hydrogen (secondary N) is 1. The highest BCUT2D eigenvalue weighted by molar-refractivity contribution is 5.76. The average Bonchev–Trinajstić information content (AvgIpc) is 1.91. The third kappa shape index (κ3) is 34.7. The first-order valence-corrected chi connectivity index (χ1v) is 36.4. The summed E-state index contributed by atoms with van der Waals surface area (Å²) in [7, 11) is 0. The SMILES string of the molecule is CCCCCCCCCCCCCCCCC/C=C/C(O)C(COC1OC(CO)C(OC2OC(CO)C(OC3OC(CO)C(O)C(O)C3O)C(O)C2O)C(O)C1O)NC(=O)CCCCCCCCCCCCCCCCCCCCCCCCCCCCC. The fourth-order valence-electron chi connectivity index (χ4n) is 12.7. The van der Waals surface area contributed by atoms with Crippen LogP contribution in [0.1, 0.15) is 296 Å². The predicted octanol–water partition coefficient (Wildman–Crippen LogP) is 10.1. The molecule has 19 heteroatoms. The molecule has 0 aliphatic carbocycles. The lowest BCUT2D eigenvalue weighted by molar-refractivity contribution is -0.379. The number of rotatable bonds is 57. The molecule has 0 spiro atoms. The number of hydrogen-bond acceptors (Lipinski definition) is 18. The van der Waals surface area contributed by atoms with Crippen LogP contribution in [0.25, 0.3) is 0 Å². The molecule has 0 radical (unpaired) electrons. The normalized spacial score (nSPS) is 28.2. The van der Waals surface area contributed by atoms with Crippen LogP contribution in [-0.2, 0) is 33.2 Å². The zero-order valence-corrected chi connectivity index (χ0v) is 55.7. The lowest BCUT2D eigenvalue weighted by Crippen LogP contribution is -2.66. The van der Waals surface area contributed by atoms with Crippen LogP contribution in [0, 0.1) is 0 Å². The standard InChI is InChI=1S/C70H133NO18/c1-3-5-7-9-11-13-15-17-19-21-22-23-24-25-26-27-28-29-30-32-34-36-38-40-42-44-46-48-58(76)71-53(54(75)47-45-43-41-39-37-35-33-31-20-18-16-14-12-10-8-6-4-2)52-84-68-64(82)61(79)66(56(50-73)86-68)89-70-65(83)62(80)67(57(51-74)87-70)88-69-63(81)60(78)59(77)55(49-72)85-69/h45,47,53-57,59-70,72-75,77-83H,3-44,46,48-52H2,1-2H3,(H,71,76)/b47-45+. The fourth-order valence-corrected chi connectivity index (χ4v) is 12.7. The second kappa shape index (κ2) is 52.8. The van der Waals surface area contributed by atoms with Crippen molar-refractivity contribution in [2.45, 2.75) is 401 Å². The number of amides is 1. The van der Waals surface area contributed by atoms with Gasteiger partial charge in [0, 0.05) is 6.42 Å². The number of carbonyl (C=O) groups is 1. The van der Waals surface area contributed by atoms with Gasteiger partial charge in [-0.3, -0.25) is 4.79 Å². The lowest BCUT2D eigenvalue weighted by atomic mass is 9.96. The minimum Gasteiger partial charge on any atom is -0.394 e. The Labute approximate surface area is 537 Å². The monoisotopic (exact) mass is 1280 g/mol. The van der Waals surface area contributed by atoms with E-state index in [1.165, 1.54) is 225 Å². The van der Waals surface area contributed by atoms with Gasteiger partial charge in [0.25, 0.3) is 0 Å². The van der Waals surface area contributed by atoms with Crippen LogP contribution in [0.2, 0.25) is 0 Å². The Morgan fingerprint density at radius 2 is 0.697 bits per heavy atom. The largest absolute Gasteiger partial charge is 0.394 e. The van der Waals surface area contributed by atoms with E-state index in [2.05, 4.69) is 19.2 Å². The fraction of sp³-hybridized carbons (Fsp3) is 0.957. The van der Waals surface area contributed by atoms with Crippen molar-refractivity contribution in [2.24, 2.45) is 0 Å². The maximum atomic E-state index is 13.4. The minimum atomic E-state index is -1.98. The quantitative estimate of drug-likeness (QED) is 0.0199. The number of aliphatic hydroxyl groups excluding tert-OH is 11. The first-order valence-electron chi connectivity index (χ1n) is 36.4. The Balaban J connectivity index is 1.40. The van der Waals surface area contributed by atoms with Crippen molar-refractivity contribution in [3.8, 4) is 0 Å². The predicted molar refractivity (Wildman–Crippen MR) is 347 cm³/mol. The Bertz CT molecular complexity index is 1670. The summed E-state index contributed by atoms with van der Waals surface area (Å²) < 4.78 is 34.4. The third-order valence-corrected chi connectivity index (χ3v) is 18.6. The van der Waals surface area contributed by atoms with Crippen molar-refractivity contribution in [2.75, 3.05) is 26.4 Å². The lowest BCUT2D eigenvalue weighted by Gasteiger charge is -2.48. The van der Waals surface area contributed by atoms with Gasteiger partial charge in [-0.05, 0) is 19.3 Å². The van der Waals surface area contributed by atoms with E-state index < -0.39 is 124 Å². The number of allylic oxidation sites excluding steroid dienone is 1. The van der Waals surface area contributed by atoms with E-state index in [-0.39, 0.29) is 18.9 Å². The maximum Gasteiger partial charge on any atom is 0.220 e. The van der Waals surface area contributed by atoms with Gasteiger partial charge in [-0.2, -0.15) is 0 Å². The molecular weight excluding hydrogens is 1140 g/mol. The number of carbonyl (C=O) groups excluding carboxylic acids is 1. The van der Waals surface area contributed by atoms with Gasteiger partial charge in [0.1, 0.15) is 73.2 Å². The molecule has 1 amide bonds. The molecule has 12 N–H and O–H groups in total. The van der Waals surface area contributed by atoms with Crippen LogP contribution in [-0.4, -0.2) is 193 Å². The molecule has 3 heterocycles. The molecule has 3 saturated heterocycles. The second-order valence-corrected chi connectivity index (χ2v) is 26.4. The molecule has 0 saturated carbocycles. The van der Waals surface area contributed by atoms with Crippen molar-refractivity contribution in [1.29, 1.82) is 0 Å². The van der Waals surface area contributed by atoms with Gasteiger partial charge in [0.05, 0.1) is 38.6 Å². The smallest absolute Gasteiger partial charge is 0.220 e. The summed E-state index contributed by atoms with van der Waals surface area (Å²) in [6, 6.07) is -0.968. The van der Waals surface area contributed by atoms with Crippen LogP contribution in [0.15, 0.2) is 12.2 Å². The molecule has 19 nitrogen and oxygen atoms in total. The van der Waals surface area contributed by atoms with Crippen LogP contribution >= 0.6 is 0 Å². The Hall–Kier alpha value is -1.47. The molecule has 3 aliphatic rings. The van der Waals surface area contributed by atoms with Crippen molar-refractivity contribution in [3.63, 3.8) is 0 Å². The molecule has 0 bridgehead atoms. The van der Waals surface area contributed by atoms with Gasteiger partial charge in [0.2, 0.25) is 5.91 Å². The summed E-state index contributed by atoms with van der Waals surface area (Å²) in [4.78, 5) is 13.4. The van der Waals surface area contributed by atoms with Crippen LogP contribution < -0.4 is 5.32 Å². The minimum absolute atomic E-state index is 0.250. The molecule has 0 aromatic rings. The van der Waals surface area contributed by atoms with Crippen LogP contribution in [0.4, 0.5) is 0 Å². The van der Waals surface area contributed by atoms with Gasteiger partial charge in [-0.15, -0.1) is 0 Å². The summed E-state index contributed by atoms with van der Waals surface area (Å²) in [6.45, 7) is 1.78. The maximum absolute atomic E-state index is 13.4. The molecule has 89 heavy (non-hydrogen) atoms. The van der Waals surface area contributed by atoms with Crippen molar-refractivity contribution in [3.05, 3.63) is 12.2 Å². The molecule has 0 aromatic heterocycles. The summed E-state index contributed by atoms with van der Waals surface area (Å²) >= 11 is 0. The molecule has 526 valence electrons. The van der Waals surface area contributed by atoms with E-state index in [0.717, 1.165) is 44.9 Å². The van der Waals surface area contributed by atoms with E-state index >= 15 is 0 Å². The van der Waals surface area contributed by atoms with Crippen molar-refractivity contribution >= 4 is 5.91 Å². The molecule has 3 rings (SSSR count). The number of aliphatic hydroxyl groups is 11. The zero-order chi connectivity index (χ0) is 64.7. The van der Waals surface area contributed by atoms with E-state index in [4.69, 9.17) is 28.4 Å². The first kappa shape index (κ1) is 81.8. The Kier molecular flexibility index (Phi) is 48.5. The molecule has 3 aliphatic heterocycles. The molecule has 17 atom stereocenters. The van der Waals surface area contributed by atoms with E-state index in [0.29, 0.717) is 6.42 Å². The van der Waals surface area contributed by atoms with E-state index in [1.807, 2.05) is 6.08 Å². The summed E-state index contributed by atoms with van der Waals surface area (Å²) in [6.07, 6.45) is 31.9. The van der Waals surface area contributed by atoms with Crippen molar-refractivity contribution < 1.29 is 89.4 Å². The highest BCUT2D eigenvalue weighted by atomic mass is 16.8. The summed E-state index contributed by atoms with van der Waals surface area (Å²) in [5.41, 5.74) is 0. The summed E-state index contributed by atoms with van der Waals surface area (Å²) in [5, 5.41) is 121. The summed E-state index contributed by atoms with van der Waals surface area (Å²) in [5.74, 6) is -0.268. The molecule has 0 aromatic carbocycles. The average molecular weight is 1280 g/mol. The van der Waals surface area contributed by atoms with E-state index in [9.17, 15) is 61.0 Å². The van der Waals surface area contributed by atoms with Gasteiger partial charge in [-0.25, -0.2) is 0 Å². The molecular formula is C70H133NO18. The highest BCUT2D eigenvalue weighted by Gasteiger charge is 2.53. The van der Waals surface area contributed by atoms with E-state index in [1.54, 1.807) is 6.08 Å². The van der Waals surface area contributed by atoms with Crippen LogP contribution in [0.3, 0.4) is 0 Å². The Morgan fingerprint density at radius 1 is 0.393 bits per heavy atom. The topological polar surface area (TPSA) is 307 Å². The van der Waals surface area contributed by atoms with Crippen LogP contribution in [0.5, 0.6) is 0 Å². The first-order chi connectivity index (χ1) is 43.3.